The molecule has 0 saturated heterocycles. The summed E-state index contributed by atoms with van der Waals surface area (Å²) in [5.41, 5.74) is 4.68. The predicted molar refractivity (Wildman–Crippen MR) is 75.0 cm³/mol. The smallest absolute Gasteiger partial charge is 0.264 e. The van der Waals surface area contributed by atoms with Crippen molar-refractivity contribution in [3.05, 3.63) is 34.4 Å². The summed E-state index contributed by atoms with van der Waals surface area (Å²) in [7, 11) is -3.17. The number of hydrogen-bond acceptors (Lipinski definition) is 4. The first-order valence-electron chi connectivity index (χ1n) is 6.23. The number of rotatable bonds is 2. The van der Waals surface area contributed by atoms with Gasteiger partial charge in [0.25, 0.3) is 10.1 Å². The molecule has 0 bridgehead atoms. The lowest BCUT2D eigenvalue weighted by atomic mass is 10.00. The molecule has 0 saturated carbocycles. The highest BCUT2D eigenvalue weighted by molar-refractivity contribution is 7.85. The van der Waals surface area contributed by atoms with Gasteiger partial charge in [-0.3, -0.25) is 8.98 Å². The van der Waals surface area contributed by atoms with Crippen LogP contribution in [0, 0.1) is 13.8 Å². The van der Waals surface area contributed by atoms with Crippen LogP contribution < -0.4 is 0 Å². The van der Waals surface area contributed by atoms with E-state index in [1.165, 1.54) is 11.1 Å². The van der Waals surface area contributed by atoms with Crippen molar-refractivity contribution in [1.29, 1.82) is 0 Å². The molecular weight excluding hydrogens is 264 g/mol. The van der Waals surface area contributed by atoms with Crippen molar-refractivity contribution >= 4 is 15.9 Å². The third-order valence-corrected chi connectivity index (χ3v) is 3.63. The van der Waals surface area contributed by atoms with Gasteiger partial charge in [-0.2, -0.15) is 8.42 Å². The van der Waals surface area contributed by atoms with Gasteiger partial charge in [0.2, 0.25) is 0 Å². The Bertz CT molecular complexity index is 573. The summed E-state index contributed by atoms with van der Waals surface area (Å²) >= 11 is 0. The molecular formula is C14H20O4S. The zero-order chi connectivity index (χ0) is 14.6. The Morgan fingerprint density at radius 3 is 2.16 bits per heavy atom. The fraction of sp³-hybridized carbons (Fsp3) is 0.500. The van der Waals surface area contributed by atoms with Crippen LogP contribution in [0.15, 0.2) is 12.1 Å². The molecule has 0 spiro atoms. The molecule has 0 heterocycles. The highest BCUT2D eigenvalue weighted by Gasteiger charge is 2.22. The van der Waals surface area contributed by atoms with Crippen LogP contribution >= 0.6 is 0 Å². The molecule has 1 aromatic rings. The molecule has 0 fully saturated rings. The molecule has 0 amide bonds. The molecule has 1 aliphatic rings. The molecule has 0 radical (unpaired) electrons. The van der Waals surface area contributed by atoms with E-state index in [9.17, 15) is 13.2 Å². The Kier molecular flexibility index (Phi) is 5.26. The lowest BCUT2D eigenvalue weighted by Crippen LogP contribution is -2.00. The lowest BCUT2D eigenvalue weighted by molar-refractivity contribution is 0.0994. The Balaban J connectivity index is 0.000000224. The van der Waals surface area contributed by atoms with Gasteiger partial charge in [0, 0.05) is 12.0 Å². The van der Waals surface area contributed by atoms with E-state index in [4.69, 9.17) is 0 Å². The Hall–Kier alpha value is -1.20. The summed E-state index contributed by atoms with van der Waals surface area (Å²) in [6.45, 7) is 5.94. The Labute approximate surface area is 114 Å². The van der Waals surface area contributed by atoms with E-state index in [0.29, 0.717) is 12.2 Å². The first-order valence-corrected chi connectivity index (χ1v) is 8.04. The number of benzene rings is 1. The summed E-state index contributed by atoms with van der Waals surface area (Å²) in [6, 6.07) is 4.14. The van der Waals surface area contributed by atoms with Crippen LogP contribution in [0.1, 0.15) is 40.4 Å². The van der Waals surface area contributed by atoms with E-state index in [1.54, 1.807) is 6.92 Å². The van der Waals surface area contributed by atoms with E-state index in [0.717, 1.165) is 23.8 Å². The summed E-state index contributed by atoms with van der Waals surface area (Å²) in [5.74, 6) is 0.325. The number of carbonyl (C=O) groups excluding carboxylic acids is 1. The normalized spacial score (nSPS) is 13.8. The zero-order valence-electron chi connectivity index (χ0n) is 11.8. The molecule has 106 valence electrons. The van der Waals surface area contributed by atoms with Crippen LogP contribution in [0.2, 0.25) is 0 Å². The maximum absolute atomic E-state index is 11.4. The van der Waals surface area contributed by atoms with Crippen LogP contribution in [-0.4, -0.2) is 27.1 Å². The number of carbonyl (C=O) groups is 1. The minimum Gasteiger partial charge on any atom is -0.294 e. The topological polar surface area (TPSA) is 60.4 Å². The van der Waals surface area contributed by atoms with Crippen molar-refractivity contribution in [2.45, 2.75) is 33.6 Å². The highest BCUT2D eigenvalue weighted by atomic mass is 32.2. The van der Waals surface area contributed by atoms with Gasteiger partial charge in [-0.05, 0) is 43.9 Å². The molecule has 0 N–H and O–H groups in total. The molecule has 0 aromatic heterocycles. The standard InChI is InChI=1S/C11H12O.C3H8O3S/c1-7-3-4-8(2)11-9(7)5-6-10(11)12;1-3-6-7(2,4)5/h3-4H,5-6H2,1-2H3;3H2,1-2H3. The van der Waals surface area contributed by atoms with Crippen LogP contribution in [0.3, 0.4) is 0 Å². The molecule has 4 nitrogen and oxygen atoms in total. The largest absolute Gasteiger partial charge is 0.294 e. The SMILES string of the molecule is CCOS(C)(=O)=O.Cc1ccc(C)c2c1CCC2=O. The Morgan fingerprint density at radius 2 is 1.74 bits per heavy atom. The van der Waals surface area contributed by atoms with E-state index >= 15 is 0 Å². The quantitative estimate of drug-likeness (QED) is 0.782. The minimum atomic E-state index is -3.17. The number of Topliss-reactive ketones (excluding diaryl/α,β-unsaturated/α-hetero) is 1. The number of aryl methyl sites for hydroxylation is 2. The van der Waals surface area contributed by atoms with Gasteiger partial charge in [0.15, 0.2) is 5.78 Å². The minimum absolute atomic E-state index is 0.221. The molecule has 1 aromatic carbocycles. The summed E-state index contributed by atoms with van der Waals surface area (Å²) in [4.78, 5) is 11.4. The number of fused-ring (bicyclic) bond motifs is 1. The third-order valence-electron chi connectivity index (χ3n) is 2.97. The van der Waals surface area contributed by atoms with Crippen molar-refractivity contribution in [3.63, 3.8) is 0 Å². The third kappa shape index (κ3) is 4.44. The van der Waals surface area contributed by atoms with Crippen LogP contribution in [0.5, 0.6) is 0 Å². The molecule has 1 aliphatic carbocycles. The second-order valence-corrected chi connectivity index (χ2v) is 6.23. The summed E-state index contributed by atoms with van der Waals surface area (Å²) in [5, 5.41) is 0. The van der Waals surface area contributed by atoms with Crippen molar-refractivity contribution in [2.75, 3.05) is 12.9 Å². The average Bonchev–Trinajstić information content (AvgIpc) is 2.67. The first-order chi connectivity index (χ1) is 8.76. The van der Waals surface area contributed by atoms with Gasteiger partial charge >= 0.3 is 0 Å². The van der Waals surface area contributed by atoms with Crippen molar-refractivity contribution in [1.82, 2.24) is 0 Å². The van der Waals surface area contributed by atoms with Gasteiger partial charge in [-0.1, -0.05) is 12.1 Å². The van der Waals surface area contributed by atoms with Crippen LogP contribution in [0.25, 0.3) is 0 Å². The van der Waals surface area contributed by atoms with Gasteiger partial charge < -0.3 is 0 Å². The predicted octanol–water partition coefficient (Wildman–Crippen LogP) is 2.41. The maximum Gasteiger partial charge on any atom is 0.264 e. The fourth-order valence-electron chi connectivity index (χ4n) is 2.16. The number of hydrogen-bond donors (Lipinski definition) is 0. The van der Waals surface area contributed by atoms with Gasteiger partial charge in [0.05, 0.1) is 12.9 Å². The Morgan fingerprint density at radius 1 is 1.16 bits per heavy atom. The summed E-state index contributed by atoms with van der Waals surface area (Å²) in [6.07, 6.45) is 2.68. The van der Waals surface area contributed by atoms with Gasteiger partial charge in [-0.15, -0.1) is 0 Å². The summed E-state index contributed by atoms with van der Waals surface area (Å²) < 4.78 is 24.2. The lowest BCUT2D eigenvalue weighted by Gasteiger charge is -2.04. The molecule has 2 rings (SSSR count). The second-order valence-electron chi connectivity index (χ2n) is 4.59. The average molecular weight is 284 g/mol. The highest BCUT2D eigenvalue weighted by Crippen LogP contribution is 2.27. The van der Waals surface area contributed by atoms with Gasteiger partial charge in [0.1, 0.15) is 0 Å². The van der Waals surface area contributed by atoms with Crippen molar-refractivity contribution in [2.24, 2.45) is 0 Å². The first kappa shape index (κ1) is 15.9. The maximum atomic E-state index is 11.4. The molecule has 5 heteroatoms. The van der Waals surface area contributed by atoms with Gasteiger partial charge in [-0.25, -0.2) is 0 Å². The monoisotopic (exact) mass is 284 g/mol. The van der Waals surface area contributed by atoms with Crippen LogP contribution in [-0.2, 0) is 20.7 Å². The van der Waals surface area contributed by atoms with Crippen molar-refractivity contribution in [3.8, 4) is 0 Å². The molecule has 0 aliphatic heterocycles. The van der Waals surface area contributed by atoms with E-state index in [2.05, 4.69) is 17.2 Å². The molecule has 0 unspecified atom stereocenters. The number of ketones is 1. The zero-order valence-corrected chi connectivity index (χ0v) is 12.6. The van der Waals surface area contributed by atoms with E-state index < -0.39 is 10.1 Å². The van der Waals surface area contributed by atoms with Crippen molar-refractivity contribution < 1.29 is 17.4 Å². The molecule has 19 heavy (non-hydrogen) atoms. The fourth-order valence-corrected chi connectivity index (χ4v) is 2.59. The molecule has 0 atom stereocenters. The van der Waals surface area contributed by atoms with E-state index in [1.807, 2.05) is 13.0 Å². The van der Waals surface area contributed by atoms with E-state index in [-0.39, 0.29) is 6.61 Å². The van der Waals surface area contributed by atoms with Crippen LogP contribution in [0.4, 0.5) is 0 Å². The second kappa shape index (κ2) is 6.30.